The minimum Gasteiger partial charge on any atom is -0.0804 e. The Hall–Kier alpha value is -1.04. The average molecular weight is 184 g/mol. The molecule has 72 valence electrons. The summed E-state index contributed by atoms with van der Waals surface area (Å²) in [5, 5.41) is 0. The van der Waals surface area contributed by atoms with E-state index in [-0.39, 0.29) is 0 Å². The molecule has 3 rings (SSSR count). The molecule has 3 aliphatic carbocycles. The largest absolute Gasteiger partial charge is 0.0804 e. The van der Waals surface area contributed by atoms with Crippen LogP contribution in [0, 0.1) is 5.92 Å². The molecule has 0 amide bonds. The average Bonchev–Trinajstić information content (AvgIpc) is 2.86. The third-order valence-corrected chi connectivity index (χ3v) is 3.54. The molecule has 0 unspecified atom stereocenters. The van der Waals surface area contributed by atoms with Gasteiger partial charge in [-0.25, -0.2) is 0 Å². The first-order chi connectivity index (χ1) is 6.93. The van der Waals surface area contributed by atoms with Gasteiger partial charge < -0.3 is 0 Å². The van der Waals surface area contributed by atoms with Gasteiger partial charge in [-0.2, -0.15) is 0 Å². The summed E-state index contributed by atoms with van der Waals surface area (Å²) in [5.74, 6) is 0.632. The molecular formula is C14H16. The smallest absolute Gasteiger partial charge is 0.0175 e. The molecule has 14 heavy (non-hydrogen) atoms. The second kappa shape index (κ2) is 3.27. The normalized spacial score (nSPS) is 25.9. The zero-order valence-corrected chi connectivity index (χ0v) is 8.50. The van der Waals surface area contributed by atoms with Gasteiger partial charge in [0, 0.05) is 5.92 Å². The first-order valence-corrected chi connectivity index (χ1v) is 5.71. The Morgan fingerprint density at radius 2 is 1.71 bits per heavy atom. The van der Waals surface area contributed by atoms with Gasteiger partial charge in [-0.3, -0.25) is 0 Å². The Labute approximate surface area is 85.7 Å². The molecule has 1 fully saturated rings. The second-order valence-electron chi connectivity index (χ2n) is 4.49. The zero-order valence-electron chi connectivity index (χ0n) is 8.50. The van der Waals surface area contributed by atoms with Gasteiger partial charge in [0.1, 0.15) is 0 Å². The Balaban J connectivity index is 1.85. The molecular weight excluding hydrogens is 168 g/mol. The molecule has 0 saturated heterocycles. The SMILES string of the molecule is C1=CCC(C2C=C3CCCCC3=C2)=C1. The first kappa shape index (κ1) is 8.28. The lowest BCUT2D eigenvalue weighted by Crippen LogP contribution is -1.94. The van der Waals surface area contributed by atoms with Gasteiger partial charge in [0.05, 0.1) is 0 Å². The van der Waals surface area contributed by atoms with Crippen LogP contribution in [-0.4, -0.2) is 0 Å². The van der Waals surface area contributed by atoms with Crippen LogP contribution in [-0.2, 0) is 0 Å². The fourth-order valence-electron chi connectivity index (χ4n) is 2.74. The van der Waals surface area contributed by atoms with Crippen molar-refractivity contribution >= 4 is 0 Å². The van der Waals surface area contributed by atoms with Gasteiger partial charge >= 0.3 is 0 Å². The second-order valence-corrected chi connectivity index (χ2v) is 4.49. The summed E-state index contributed by atoms with van der Waals surface area (Å²) >= 11 is 0. The molecule has 0 aromatic rings. The summed E-state index contributed by atoms with van der Waals surface area (Å²) in [4.78, 5) is 0. The molecule has 0 N–H and O–H groups in total. The summed E-state index contributed by atoms with van der Waals surface area (Å²) in [7, 11) is 0. The fraction of sp³-hybridized carbons (Fsp3) is 0.429. The topological polar surface area (TPSA) is 0 Å². The van der Waals surface area contributed by atoms with E-state index >= 15 is 0 Å². The lowest BCUT2D eigenvalue weighted by molar-refractivity contribution is 0.682. The molecule has 3 aliphatic rings. The molecule has 0 aromatic heterocycles. The summed E-state index contributed by atoms with van der Waals surface area (Å²) in [5.41, 5.74) is 4.88. The molecule has 0 aromatic carbocycles. The lowest BCUT2D eigenvalue weighted by atomic mass is 9.92. The highest BCUT2D eigenvalue weighted by atomic mass is 14.3. The number of hydrogen-bond donors (Lipinski definition) is 0. The minimum absolute atomic E-state index is 0.632. The number of allylic oxidation sites excluding steroid dienone is 8. The highest BCUT2D eigenvalue weighted by molar-refractivity contribution is 5.46. The van der Waals surface area contributed by atoms with Gasteiger partial charge in [-0.05, 0) is 43.3 Å². The number of hydrogen-bond acceptors (Lipinski definition) is 0. The van der Waals surface area contributed by atoms with Crippen molar-refractivity contribution in [1.82, 2.24) is 0 Å². The molecule has 0 radical (unpaired) electrons. The van der Waals surface area contributed by atoms with Gasteiger partial charge in [0.25, 0.3) is 0 Å². The van der Waals surface area contributed by atoms with E-state index in [9.17, 15) is 0 Å². The molecule has 1 saturated carbocycles. The molecule has 0 heteroatoms. The van der Waals surface area contributed by atoms with Crippen molar-refractivity contribution in [2.24, 2.45) is 5.92 Å². The predicted octanol–water partition coefficient (Wildman–Crippen LogP) is 3.93. The standard InChI is InChI=1S/C14H16/c1-2-6-11(5-1)14-9-12-7-3-4-8-13(12)10-14/h1-2,5,9-10,14H,3-4,6-8H2. The third-order valence-electron chi connectivity index (χ3n) is 3.54. The van der Waals surface area contributed by atoms with Crippen molar-refractivity contribution in [2.75, 3.05) is 0 Å². The highest BCUT2D eigenvalue weighted by Gasteiger charge is 2.22. The Kier molecular flexibility index (Phi) is 1.93. The van der Waals surface area contributed by atoms with Crippen LogP contribution >= 0.6 is 0 Å². The van der Waals surface area contributed by atoms with Crippen LogP contribution in [0.2, 0.25) is 0 Å². The van der Waals surface area contributed by atoms with Crippen molar-refractivity contribution in [3.05, 3.63) is 47.1 Å². The summed E-state index contributed by atoms with van der Waals surface area (Å²) in [6, 6.07) is 0. The molecule has 0 aliphatic heterocycles. The van der Waals surface area contributed by atoms with Crippen LogP contribution in [0.15, 0.2) is 47.1 Å². The Morgan fingerprint density at radius 1 is 1.00 bits per heavy atom. The number of fused-ring (bicyclic) bond motifs is 1. The van der Waals surface area contributed by atoms with E-state index in [0.717, 1.165) is 6.42 Å². The summed E-state index contributed by atoms with van der Waals surface area (Å²) < 4.78 is 0. The van der Waals surface area contributed by atoms with Crippen LogP contribution in [0.25, 0.3) is 0 Å². The first-order valence-electron chi connectivity index (χ1n) is 5.71. The molecule has 0 atom stereocenters. The minimum atomic E-state index is 0.632. The molecule has 0 heterocycles. The summed E-state index contributed by atoms with van der Waals surface area (Å²) in [6.45, 7) is 0. The maximum atomic E-state index is 2.49. The van der Waals surface area contributed by atoms with Gasteiger partial charge in [-0.1, -0.05) is 36.0 Å². The van der Waals surface area contributed by atoms with E-state index in [1.165, 1.54) is 25.7 Å². The van der Waals surface area contributed by atoms with E-state index in [0.29, 0.717) is 5.92 Å². The van der Waals surface area contributed by atoms with Gasteiger partial charge in [-0.15, -0.1) is 0 Å². The third kappa shape index (κ3) is 1.30. The van der Waals surface area contributed by atoms with Crippen LogP contribution in [0.1, 0.15) is 32.1 Å². The number of rotatable bonds is 1. The Bertz CT molecular complexity index is 341. The van der Waals surface area contributed by atoms with E-state index in [1.807, 2.05) is 0 Å². The van der Waals surface area contributed by atoms with Crippen molar-refractivity contribution in [3.63, 3.8) is 0 Å². The lowest BCUT2D eigenvalue weighted by Gasteiger charge is -2.13. The fourth-order valence-corrected chi connectivity index (χ4v) is 2.74. The van der Waals surface area contributed by atoms with Crippen molar-refractivity contribution in [2.45, 2.75) is 32.1 Å². The quantitative estimate of drug-likeness (QED) is 0.579. The van der Waals surface area contributed by atoms with Gasteiger partial charge in [0.15, 0.2) is 0 Å². The summed E-state index contributed by atoms with van der Waals surface area (Å²) in [6.07, 6.45) is 18.3. The maximum absolute atomic E-state index is 2.49. The van der Waals surface area contributed by atoms with Crippen molar-refractivity contribution in [1.29, 1.82) is 0 Å². The zero-order chi connectivity index (χ0) is 9.38. The van der Waals surface area contributed by atoms with E-state index in [2.05, 4.69) is 30.4 Å². The molecule has 0 spiro atoms. The van der Waals surface area contributed by atoms with Crippen LogP contribution in [0.3, 0.4) is 0 Å². The van der Waals surface area contributed by atoms with Crippen molar-refractivity contribution in [3.8, 4) is 0 Å². The van der Waals surface area contributed by atoms with E-state index in [1.54, 1.807) is 16.7 Å². The molecule has 0 nitrogen and oxygen atoms in total. The monoisotopic (exact) mass is 184 g/mol. The van der Waals surface area contributed by atoms with E-state index < -0.39 is 0 Å². The Morgan fingerprint density at radius 3 is 2.29 bits per heavy atom. The highest BCUT2D eigenvalue weighted by Crippen LogP contribution is 2.39. The van der Waals surface area contributed by atoms with Crippen LogP contribution in [0.5, 0.6) is 0 Å². The van der Waals surface area contributed by atoms with Crippen LogP contribution < -0.4 is 0 Å². The molecule has 0 bridgehead atoms. The predicted molar refractivity (Wildman–Crippen MR) is 60.0 cm³/mol. The van der Waals surface area contributed by atoms with E-state index in [4.69, 9.17) is 0 Å². The maximum Gasteiger partial charge on any atom is 0.0175 e. The van der Waals surface area contributed by atoms with Gasteiger partial charge in [0.2, 0.25) is 0 Å². The van der Waals surface area contributed by atoms with Crippen molar-refractivity contribution < 1.29 is 0 Å². The van der Waals surface area contributed by atoms with Crippen LogP contribution in [0.4, 0.5) is 0 Å².